The van der Waals surface area contributed by atoms with Gasteiger partial charge in [0, 0.05) is 31.9 Å². The van der Waals surface area contributed by atoms with Gasteiger partial charge in [-0.2, -0.15) is 0 Å². The molecule has 0 fully saturated rings. The summed E-state index contributed by atoms with van der Waals surface area (Å²) in [5.74, 6) is 0.973. The van der Waals surface area contributed by atoms with Gasteiger partial charge in [0.2, 0.25) is 5.91 Å². The summed E-state index contributed by atoms with van der Waals surface area (Å²) in [4.78, 5) is 18.4. The highest BCUT2D eigenvalue weighted by Gasteiger charge is 1.99. The molecule has 1 aromatic rings. The van der Waals surface area contributed by atoms with Crippen molar-refractivity contribution >= 4 is 5.91 Å². The van der Waals surface area contributed by atoms with Crippen molar-refractivity contribution in [3.05, 3.63) is 30.9 Å². The van der Waals surface area contributed by atoms with Crippen molar-refractivity contribution in [1.29, 1.82) is 0 Å². The van der Waals surface area contributed by atoms with E-state index < -0.39 is 0 Å². The van der Waals surface area contributed by atoms with Crippen molar-refractivity contribution in [2.24, 2.45) is 0 Å². The standard InChI is InChI=1S/C11H18N4O/c1-2-5-12-9-11(16)15-6-3-4-10-13-7-8-14-10/h2,7-8,12H,1,3-6,9H2,(H,13,14)(H,15,16). The summed E-state index contributed by atoms with van der Waals surface area (Å²) in [6, 6.07) is 0. The molecule has 5 nitrogen and oxygen atoms in total. The van der Waals surface area contributed by atoms with Gasteiger partial charge in [-0.15, -0.1) is 6.58 Å². The molecular weight excluding hydrogens is 204 g/mol. The molecule has 3 N–H and O–H groups in total. The number of carbonyl (C=O) groups is 1. The molecule has 5 heteroatoms. The molecule has 0 unspecified atom stereocenters. The molecular formula is C11H18N4O. The van der Waals surface area contributed by atoms with Gasteiger partial charge in [0.05, 0.1) is 6.54 Å². The fraction of sp³-hybridized carbons (Fsp3) is 0.455. The number of hydrogen-bond donors (Lipinski definition) is 3. The Morgan fingerprint density at radius 3 is 3.19 bits per heavy atom. The number of aromatic nitrogens is 2. The molecule has 0 radical (unpaired) electrons. The molecule has 88 valence electrons. The lowest BCUT2D eigenvalue weighted by Gasteiger charge is -2.04. The van der Waals surface area contributed by atoms with Gasteiger partial charge in [0.25, 0.3) is 0 Å². The van der Waals surface area contributed by atoms with Crippen molar-refractivity contribution in [3.8, 4) is 0 Å². The van der Waals surface area contributed by atoms with Crippen LogP contribution in [0.4, 0.5) is 0 Å². The fourth-order valence-electron chi connectivity index (χ4n) is 1.27. The summed E-state index contributed by atoms with van der Waals surface area (Å²) in [6.07, 6.45) is 7.00. The van der Waals surface area contributed by atoms with E-state index in [1.165, 1.54) is 0 Å². The van der Waals surface area contributed by atoms with E-state index in [1.54, 1.807) is 18.5 Å². The second-order valence-electron chi connectivity index (χ2n) is 3.41. The highest BCUT2D eigenvalue weighted by Crippen LogP contribution is 1.92. The smallest absolute Gasteiger partial charge is 0.233 e. The van der Waals surface area contributed by atoms with E-state index in [9.17, 15) is 4.79 Å². The number of imidazole rings is 1. The topological polar surface area (TPSA) is 69.8 Å². The zero-order valence-electron chi connectivity index (χ0n) is 9.33. The third kappa shape index (κ3) is 5.31. The first-order chi connectivity index (χ1) is 7.83. The van der Waals surface area contributed by atoms with Gasteiger partial charge in [-0.25, -0.2) is 4.98 Å². The van der Waals surface area contributed by atoms with Crippen LogP contribution in [0.3, 0.4) is 0 Å². The minimum atomic E-state index is 0.0151. The first kappa shape index (κ1) is 12.4. The molecule has 1 rings (SSSR count). The van der Waals surface area contributed by atoms with Crippen LogP contribution in [-0.4, -0.2) is 35.5 Å². The number of nitrogens with one attached hydrogen (secondary N) is 3. The molecule has 0 aliphatic carbocycles. The molecule has 16 heavy (non-hydrogen) atoms. The van der Waals surface area contributed by atoms with Crippen molar-refractivity contribution < 1.29 is 4.79 Å². The Morgan fingerprint density at radius 1 is 1.62 bits per heavy atom. The Bertz CT molecular complexity index is 308. The van der Waals surface area contributed by atoms with Crippen LogP contribution in [-0.2, 0) is 11.2 Å². The Kier molecular flexibility index (Phi) is 5.95. The maximum Gasteiger partial charge on any atom is 0.233 e. The number of nitrogens with zero attached hydrogens (tertiary/aromatic N) is 1. The van der Waals surface area contributed by atoms with Gasteiger partial charge in [0.15, 0.2) is 0 Å². The maximum atomic E-state index is 11.2. The predicted octanol–water partition coefficient (Wildman–Crippen LogP) is 0.234. The minimum Gasteiger partial charge on any atom is -0.355 e. The lowest BCUT2D eigenvalue weighted by atomic mass is 10.3. The van der Waals surface area contributed by atoms with E-state index in [0.717, 1.165) is 18.7 Å². The Labute approximate surface area is 95.4 Å². The molecule has 1 heterocycles. The molecule has 0 aliphatic rings. The molecule has 1 amide bonds. The van der Waals surface area contributed by atoms with Crippen LogP contribution in [0.25, 0.3) is 0 Å². The van der Waals surface area contributed by atoms with E-state index in [-0.39, 0.29) is 5.91 Å². The van der Waals surface area contributed by atoms with Crippen LogP contribution >= 0.6 is 0 Å². The molecule has 0 saturated heterocycles. The Hall–Kier alpha value is -1.62. The van der Waals surface area contributed by atoms with E-state index in [4.69, 9.17) is 0 Å². The van der Waals surface area contributed by atoms with Crippen LogP contribution in [0.5, 0.6) is 0 Å². The third-order valence-corrected chi connectivity index (χ3v) is 2.04. The summed E-state index contributed by atoms with van der Waals surface area (Å²) in [6.45, 7) is 5.23. The van der Waals surface area contributed by atoms with E-state index in [2.05, 4.69) is 27.2 Å². The monoisotopic (exact) mass is 222 g/mol. The maximum absolute atomic E-state index is 11.2. The van der Waals surface area contributed by atoms with Crippen molar-refractivity contribution in [2.45, 2.75) is 12.8 Å². The lowest BCUT2D eigenvalue weighted by Crippen LogP contribution is -2.34. The second kappa shape index (κ2) is 7.64. The van der Waals surface area contributed by atoms with Crippen LogP contribution in [0.2, 0.25) is 0 Å². The van der Waals surface area contributed by atoms with Gasteiger partial charge >= 0.3 is 0 Å². The molecule has 0 saturated carbocycles. The van der Waals surface area contributed by atoms with Crippen LogP contribution < -0.4 is 10.6 Å². The van der Waals surface area contributed by atoms with E-state index >= 15 is 0 Å². The quantitative estimate of drug-likeness (QED) is 0.436. The molecule has 0 aliphatic heterocycles. The number of rotatable bonds is 8. The molecule has 0 aromatic carbocycles. The third-order valence-electron chi connectivity index (χ3n) is 2.04. The first-order valence-corrected chi connectivity index (χ1v) is 5.39. The molecule has 0 bridgehead atoms. The molecule has 1 aromatic heterocycles. The Balaban J connectivity index is 1.98. The Morgan fingerprint density at radius 2 is 2.50 bits per heavy atom. The number of carbonyl (C=O) groups excluding carboxylic acids is 1. The lowest BCUT2D eigenvalue weighted by molar-refractivity contribution is -0.120. The summed E-state index contributed by atoms with van der Waals surface area (Å²) in [7, 11) is 0. The zero-order valence-corrected chi connectivity index (χ0v) is 9.33. The average molecular weight is 222 g/mol. The van der Waals surface area contributed by atoms with E-state index in [1.807, 2.05) is 0 Å². The number of H-pyrrole nitrogens is 1. The van der Waals surface area contributed by atoms with Crippen molar-refractivity contribution in [2.75, 3.05) is 19.6 Å². The second-order valence-corrected chi connectivity index (χ2v) is 3.41. The number of hydrogen-bond acceptors (Lipinski definition) is 3. The molecule has 0 spiro atoms. The highest BCUT2D eigenvalue weighted by atomic mass is 16.1. The van der Waals surface area contributed by atoms with Crippen LogP contribution in [0.1, 0.15) is 12.2 Å². The number of amides is 1. The minimum absolute atomic E-state index is 0.0151. The van der Waals surface area contributed by atoms with Gasteiger partial charge in [0.1, 0.15) is 5.82 Å². The highest BCUT2D eigenvalue weighted by molar-refractivity contribution is 5.77. The summed E-state index contributed by atoms with van der Waals surface area (Å²) < 4.78 is 0. The SMILES string of the molecule is C=CCNCC(=O)NCCCc1ncc[nH]1. The van der Waals surface area contributed by atoms with Crippen LogP contribution in [0, 0.1) is 0 Å². The average Bonchev–Trinajstić information content (AvgIpc) is 2.78. The predicted molar refractivity (Wildman–Crippen MR) is 63.0 cm³/mol. The number of aromatic amines is 1. The van der Waals surface area contributed by atoms with Gasteiger partial charge in [-0.05, 0) is 6.42 Å². The van der Waals surface area contributed by atoms with Crippen molar-refractivity contribution in [3.63, 3.8) is 0 Å². The summed E-state index contributed by atoms with van der Waals surface area (Å²) >= 11 is 0. The molecule has 0 atom stereocenters. The number of aryl methyl sites for hydroxylation is 1. The van der Waals surface area contributed by atoms with E-state index in [0.29, 0.717) is 19.6 Å². The van der Waals surface area contributed by atoms with Crippen molar-refractivity contribution in [1.82, 2.24) is 20.6 Å². The summed E-state index contributed by atoms with van der Waals surface area (Å²) in [5.41, 5.74) is 0. The zero-order chi connectivity index (χ0) is 11.6. The first-order valence-electron chi connectivity index (χ1n) is 5.39. The van der Waals surface area contributed by atoms with Crippen LogP contribution in [0.15, 0.2) is 25.0 Å². The largest absolute Gasteiger partial charge is 0.355 e. The van der Waals surface area contributed by atoms with Gasteiger partial charge in [-0.1, -0.05) is 6.08 Å². The summed E-state index contributed by atoms with van der Waals surface area (Å²) in [5, 5.41) is 5.77. The normalized spacial score (nSPS) is 10.0. The van der Waals surface area contributed by atoms with Gasteiger partial charge in [-0.3, -0.25) is 4.79 Å². The fourth-order valence-corrected chi connectivity index (χ4v) is 1.27. The van der Waals surface area contributed by atoms with Gasteiger partial charge < -0.3 is 15.6 Å².